The first kappa shape index (κ1) is 11.5. The number of nitrogens with zero attached hydrogens (tertiary/aromatic N) is 1. The predicted octanol–water partition coefficient (Wildman–Crippen LogP) is 1.10. The van der Waals surface area contributed by atoms with Gasteiger partial charge in [-0.25, -0.2) is 4.79 Å². The van der Waals surface area contributed by atoms with Gasteiger partial charge in [-0.3, -0.25) is 0 Å². The molecule has 0 spiro atoms. The number of hydrogen-bond acceptors (Lipinski definition) is 2. The molecule has 0 unspecified atom stereocenters. The largest absolute Gasteiger partial charge is 0.338 e. The number of likely N-dealkylation sites (tertiary alicyclic amines) is 1. The number of urea groups is 1. The van der Waals surface area contributed by atoms with Crippen molar-refractivity contribution in [1.29, 1.82) is 0 Å². The van der Waals surface area contributed by atoms with E-state index < -0.39 is 0 Å². The molecule has 0 aromatic rings. The van der Waals surface area contributed by atoms with Crippen LogP contribution in [0.5, 0.6) is 0 Å². The Morgan fingerprint density at radius 3 is 2.94 bits per heavy atom. The molecule has 0 saturated carbocycles. The predicted molar refractivity (Wildman–Crippen MR) is 64.4 cm³/mol. The van der Waals surface area contributed by atoms with Gasteiger partial charge < -0.3 is 15.5 Å². The zero-order chi connectivity index (χ0) is 11.2. The molecule has 2 heterocycles. The minimum atomic E-state index is 0.118. The third-order valence-electron chi connectivity index (χ3n) is 3.27. The van der Waals surface area contributed by atoms with Crippen LogP contribution in [0.2, 0.25) is 0 Å². The second-order valence-corrected chi connectivity index (χ2v) is 4.49. The Labute approximate surface area is 97.1 Å². The molecule has 90 valence electrons. The maximum absolute atomic E-state index is 11.7. The van der Waals surface area contributed by atoms with Crippen LogP contribution in [-0.2, 0) is 0 Å². The van der Waals surface area contributed by atoms with Crippen molar-refractivity contribution in [3.05, 3.63) is 11.6 Å². The number of carbonyl (C=O) groups is 1. The monoisotopic (exact) mass is 223 g/mol. The Bertz CT molecular complexity index is 269. The van der Waals surface area contributed by atoms with Crippen molar-refractivity contribution in [3.63, 3.8) is 0 Å². The molecule has 0 radical (unpaired) electrons. The first-order valence-electron chi connectivity index (χ1n) is 6.27. The Hall–Kier alpha value is -1.03. The van der Waals surface area contributed by atoms with E-state index in [0.717, 1.165) is 58.4 Å². The van der Waals surface area contributed by atoms with Crippen molar-refractivity contribution in [2.45, 2.75) is 25.7 Å². The summed E-state index contributed by atoms with van der Waals surface area (Å²) in [6.45, 7) is 4.69. The first-order chi connectivity index (χ1) is 7.86. The van der Waals surface area contributed by atoms with Crippen molar-refractivity contribution in [2.24, 2.45) is 0 Å². The quantitative estimate of drug-likeness (QED) is 0.704. The number of rotatable bonds is 3. The van der Waals surface area contributed by atoms with Gasteiger partial charge in [-0.2, -0.15) is 0 Å². The van der Waals surface area contributed by atoms with E-state index in [4.69, 9.17) is 0 Å². The van der Waals surface area contributed by atoms with Crippen LogP contribution in [0.3, 0.4) is 0 Å². The summed E-state index contributed by atoms with van der Waals surface area (Å²) in [6, 6.07) is 0.118. The molecule has 2 rings (SSSR count). The smallest absolute Gasteiger partial charge is 0.317 e. The second kappa shape index (κ2) is 5.89. The fourth-order valence-corrected chi connectivity index (χ4v) is 2.26. The molecule has 2 aliphatic heterocycles. The van der Waals surface area contributed by atoms with Gasteiger partial charge >= 0.3 is 6.03 Å². The summed E-state index contributed by atoms with van der Waals surface area (Å²) in [6.07, 6.45) is 6.68. The van der Waals surface area contributed by atoms with E-state index in [1.807, 2.05) is 4.90 Å². The molecule has 0 aromatic carbocycles. The number of nitrogens with one attached hydrogen (secondary N) is 2. The molecule has 0 aromatic heterocycles. The van der Waals surface area contributed by atoms with Gasteiger partial charge in [0.25, 0.3) is 0 Å². The average molecular weight is 223 g/mol. The molecule has 0 aliphatic carbocycles. The molecule has 4 nitrogen and oxygen atoms in total. The summed E-state index contributed by atoms with van der Waals surface area (Å²) in [5, 5.41) is 6.28. The van der Waals surface area contributed by atoms with E-state index in [1.54, 1.807) is 0 Å². The zero-order valence-corrected chi connectivity index (χ0v) is 9.80. The summed E-state index contributed by atoms with van der Waals surface area (Å²) in [4.78, 5) is 13.6. The number of hydrogen-bond donors (Lipinski definition) is 2. The molecular formula is C12H21N3O. The van der Waals surface area contributed by atoms with E-state index >= 15 is 0 Å². The summed E-state index contributed by atoms with van der Waals surface area (Å²) in [5.41, 5.74) is 1.47. The van der Waals surface area contributed by atoms with Crippen molar-refractivity contribution >= 4 is 6.03 Å². The molecule has 0 atom stereocenters. The molecule has 1 saturated heterocycles. The molecule has 4 heteroatoms. The molecular weight excluding hydrogens is 202 g/mol. The van der Waals surface area contributed by atoms with Gasteiger partial charge in [0.15, 0.2) is 0 Å². The van der Waals surface area contributed by atoms with Gasteiger partial charge in [0.2, 0.25) is 0 Å². The Kier molecular flexibility index (Phi) is 4.22. The van der Waals surface area contributed by atoms with Crippen LogP contribution < -0.4 is 10.6 Å². The van der Waals surface area contributed by atoms with Gasteiger partial charge in [-0.1, -0.05) is 11.6 Å². The number of carbonyl (C=O) groups excluding carboxylic acids is 1. The van der Waals surface area contributed by atoms with E-state index in [1.165, 1.54) is 5.57 Å². The summed E-state index contributed by atoms with van der Waals surface area (Å²) in [5.74, 6) is 0. The maximum atomic E-state index is 11.7. The Balaban J connectivity index is 1.63. The van der Waals surface area contributed by atoms with Crippen LogP contribution in [0.1, 0.15) is 25.7 Å². The summed E-state index contributed by atoms with van der Waals surface area (Å²) >= 11 is 0. The molecule has 16 heavy (non-hydrogen) atoms. The van der Waals surface area contributed by atoms with Crippen LogP contribution in [0.25, 0.3) is 0 Å². The van der Waals surface area contributed by atoms with Crippen LogP contribution >= 0.6 is 0 Å². The van der Waals surface area contributed by atoms with Gasteiger partial charge in [0.1, 0.15) is 0 Å². The van der Waals surface area contributed by atoms with E-state index in [9.17, 15) is 4.79 Å². The molecule has 2 aliphatic rings. The van der Waals surface area contributed by atoms with E-state index in [-0.39, 0.29) is 6.03 Å². The standard InChI is InChI=1S/C12H21N3O/c16-12(15-9-1-2-10-15)14-8-5-11-3-6-13-7-4-11/h3,13H,1-2,4-10H2,(H,14,16). The lowest BCUT2D eigenvalue weighted by molar-refractivity contribution is 0.209. The normalized spacial score (nSPS) is 20.8. The fraction of sp³-hybridized carbons (Fsp3) is 0.750. The minimum absolute atomic E-state index is 0.118. The van der Waals surface area contributed by atoms with Gasteiger partial charge in [-0.15, -0.1) is 0 Å². The lowest BCUT2D eigenvalue weighted by atomic mass is 10.1. The number of amides is 2. The van der Waals surface area contributed by atoms with E-state index in [0.29, 0.717) is 0 Å². The Morgan fingerprint density at radius 1 is 1.44 bits per heavy atom. The van der Waals surface area contributed by atoms with Gasteiger partial charge in [0.05, 0.1) is 0 Å². The lowest BCUT2D eigenvalue weighted by Crippen LogP contribution is -2.38. The molecule has 2 amide bonds. The minimum Gasteiger partial charge on any atom is -0.338 e. The highest BCUT2D eigenvalue weighted by Gasteiger charge is 2.16. The highest BCUT2D eigenvalue weighted by atomic mass is 16.2. The van der Waals surface area contributed by atoms with Crippen molar-refractivity contribution in [1.82, 2.24) is 15.5 Å². The summed E-state index contributed by atoms with van der Waals surface area (Å²) < 4.78 is 0. The Morgan fingerprint density at radius 2 is 2.25 bits per heavy atom. The molecule has 1 fully saturated rings. The SMILES string of the molecule is O=C(NCCC1=CCNCC1)N1CCCC1. The highest BCUT2D eigenvalue weighted by molar-refractivity contribution is 5.74. The van der Waals surface area contributed by atoms with E-state index in [2.05, 4.69) is 16.7 Å². The first-order valence-corrected chi connectivity index (χ1v) is 6.27. The van der Waals surface area contributed by atoms with Gasteiger partial charge in [0, 0.05) is 26.2 Å². The fourth-order valence-electron chi connectivity index (χ4n) is 2.26. The van der Waals surface area contributed by atoms with Crippen LogP contribution in [0, 0.1) is 0 Å². The third kappa shape index (κ3) is 3.23. The lowest BCUT2D eigenvalue weighted by Gasteiger charge is -2.18. The maximum Gasteiger partial charge on any atom is 0.317 e. The van der Waals surface area contributed by atoms with Gasteiger partial charge in [-0.05, 0) is 32.2 Å². The van der Waals surface area contributed by atoms with Crippen molar-refractivity contribution in [3.8, 4) is 0 Å². The van der Waals surface area contributed by atoms with Crippen LogP contribution in [0.15, 0.2) is 11.6 Å². The second-order valence-electron chi connectivity index (χ2n) is 4.49. The molecule has 0 bridgehead atoms. The third-order valence-corrected chi connectivity index (χ3v) is 3.27. The highest BCUT2D eigenvalue weighted by Crippen LogP contribution is 2.09. The average Bonchev–Trinajstić information content (AvgIpc) is 2.84. The summed E-state index contributed by atoms with van der Waals surface area (Å²) in [7, 11) is 0. The zero-order valence-electron chi connectivity index (χ0n) is 9.80. The molecule has 2 N–H and O–H groups in total. The topological polar surface area (TPSA) is 44.4 Å². The van der Waals surface area contributed by atoms with Crippen LogP contribution in [-0.4, -0.2) is 43.7 Å². The van der Waals surface area contributed by atoms with Crippen molar-refractivity contribution in [2.75, 3.05) is 32.7 Å². The van der Waals surface area contributed by atoms with Crippen molar-refractivity contribution < 1.29 is 4.79 Å². The van der Waals surface area contributed by atoms with Crippen LogP contribution in [0.4, 0.5) is 4.79 Å².